The fraction of sp³-hybridized carbons (Fsp3) is 0.217. The molecule has 5 rings (SSSR count). The Morgan fingerprint density at radius 1 is 0.933 bits per heavy atom. The number of fused-ring (bicyclic) bond motifs is 1. The van der Waals surface area contributed by atoms with E-state index in [4.69, 9.17) is 4.98 Å². The highest BCUT2D eigenvalue weighted by atomic mass is 32.2. The van der Waals surface area contributed by atoms with Crippen molar-refractivity contribution in [3.8, 4) is 21.1 Å². The molecule has 0 N–H and O–H groups in total. The van der Waals surface area contributed by atoms with E-state index in [-0.39, 0.29) is 11.0 Å². The zero-order chi connectivity index (χ0) is 20.7. The van der Waals surface area contributed by atoms with Crippen LogP contribution in [0, 0.1) is 13.8 Å². The summed E-state index contributed by atoms with van der Waals surface area (Å²) in [7, 11) is 0. The van der Waals surface area contributed by atoms with Gasteiger partial charge in [-0.25, -0.2) is 4.98 Å². The minimum atomic E-state index is -0.173. The lowest BCUT2D eigenvalue weighted by Crippen LogP contribution is -2.25. The molecule has 3 heterocycles. The van der Waals surface area contributed by atoms with Crippen LogP contribution in [0.15, 0.2) is 52.3 Å². The van der Waals surface area contributed by atoms with E-state index in [0.29, 0.717) is 5.16 Å². The minimum Gasteiger partial charge on any atom is -0.293 e. The number of aryl methyl sites for hydroxylation is 3. The number of thioether (sulfide) groups is 1. The maximum atomic E-state index is 13.0. The molecular weight excluding hydrogens is 430 g/mol. The molecule has 0 radical (unpaired) electrons. The number of rotatable bonds is 4. The number of hydrogen-bond donors (Lipinski definition) is 0. The van der Waals surface area contributed by atoms with Crippen LogP contribution in [0.4, 0.5) is 0 Å². The van der Waals surface area contributed by atoms with Crippen molar-refractivity contribution in [2.75, 3.05) is 0 Å². The van der Waals surface area contributed by atoms with Crippen LogP contribution in [0.5, 0.6) is 0 Å². The van der Waals surface area contributed by atoms with Gasteiger partial charge in [0.05, 0.1) is 15.0 Å². The van der Waals surface area contributed by atoms with Crippen molar-refractivity contribution in [2.24, 2.45) is 0 Å². The van der Waals surface area contributed by atoms with E-state index in [9.17, 15) is 4.79 Å². The predicted molar refractivity (Wildman–Crippen MR) is 125 cm³/mol. The second kappa shape index (κ2) is 8.06. The molecule has 0 fully saturated rings. The average Bonchev–Trinajstić information content (AvgIpc) is 3.38. The second-order valence-electron chi connectivity index (χ2n) is 7.32. The molecule has 0 amide bonds. The first-order valence-electron chi connectivity index (χ1n) is 9.74. The lowest BCUT2D eigenvalue weighted by molar-refractivity contribution is 0.0979. The summed E-state index contributed by atoms with van der Waals surface area (Å²) in [5.41, 5.74) is 5.98. The number of benzene rings is 1. The number of carbonyl (C=O) groups is 1. The second-order valence-corrected chi connectivity index (χ2v) is 10.3. The van der Waals surface area contributed by atoms with Gasteiger partial charge in [-0.3, -0.25) is 4.79 Å². The van der Waals surface area contributed by atoms with E-state index in [1.54, 1.807) is 22.7 Å². The zero-order valence-corrected chi connectivity index (χ0v) is 19.0. The van der Waals surface area contributed by atoms with Crippen molar-refractivity contribution in [1.82, 2.24) is 15.2 Å². The summed E-state index contributed by atoms with van der Waals surface area (Å²) in [6, 6.07) is 12.1. The van der Waals surface area contributed by atoms with Gasteiger partial charge in [0, 0.05) is 5.56 Å². The van der Waals surface area contributed by atoms with Crippen LogP contribution in [-0.4, -0.2) is 26.2 Å². The minimum absolute atomic E-state index is 0.164. The number of Topliss-reactive ketones (excluding diaryl/α,β-unsaturated/α-hetero) is 1. The Morgan fingerprint density at radius 3 is 2.33 bits per heavy atom. The molecule has 4 nitrogen and oxygen atoms in total. The molecular formula is C23H19N3OS3. The van der Waals surface area contributed by atoms with Gasteiger partial charge in [-0.2, -0.15) is 0 Å². The highest BCUT2D eigenvalue weighted by Crippen LogP contribution is 2.39. The van der Waals surface area contributed by atoms with Crippen LogP contribution >= 0.6 is 34.4 Å². The normalized spacial score (nSPS) is 15.9. The van der Waals surface area contributed by atoms with Gasteiger partial charge >= 0.3 is 0 Å². The predicted octanol–water partition coefficient (Wildman–Crippen LogP) is 6.24. The SMILES string of the molecule is Cc1ccsc1-c1nnc(S[C@H]2CCc3ccccc3C2=O)nc1-c1sccc1C. The third-order valence-corrected chi connectivity index (χ3v) is 8.48. The Morgan fingerprint density at radius 2 is 1.63 bits per heavy atom. The standard InChI is InChI=1S/C23H19N3OS3/c1-13-9-11-28-21(13)18-19(22-14(2)10-12-29-22)25-26-23(24-18)30-17-8-7-15-5-3-4-6-16(15)20(17)27/h3-6,9-12,17H,7-8H2,1-2H3/t17-/m0/s1. The fourth-order valence-electron chi connectivity index (χ4n) is 3.71. The molecule has 0 bridgehead atoms. The molecule has 0 unspecified atom stereocenters. The molecule has 7 heteroatoms. The van der Waals surface area contributed by atoms with Crippen LogP contribution in [0.25, 0.3) is 21.1 Å². The Hall–Kier alpha value is -2.35. The first-order valence-corrected chi connectivity index (χ1v) is 12.4. The number of nitrogens with zero attached hydrogens (tertiary/aromatic N) is 3. The Labute approximate surface area is 187 Å². The smallest absolute Gasteiger partial charge is 0.210 e. The highest BCUT2D eigenvalue weighted by Gasteiger charge is 2.29. The van der Waals surface area contributed by atoms with Crippen LogP contribution in [0.1, 0.15) is 33.5 Å². The van der Waals surface area contributed by atoms with Crippen molar-refractivity contribution in [2.45, 2.75) is 37.1 Å². The van der Waals surface area contributed by atoms with Crippen LogP contribution in [-0.2, 0) is 6.42 Å². The van der Waals surface area contributed by atoms with Crippen molar-refractivity contribution in [3.05, 3.63) is 69.4 Å². The maximum Gasteiger partial charge on any atom is 0.210 e. The molecule has 1 aliphatic carbocycles. The summed E-state index contributed by atoms with van der Waals surface area (Å²) in [4.78, 5) is 20.1. The van der Waals surface area contributed by atoms with Crippen molar-refractivity contribution in [1.29, 1.82) is 0 Å². The Bertz CT molecular complexity index is 1240. The van der Waals surface area contributed by atoms with Gasteiger partial charge in [0.15, 0.2) is 5.78 Å². The molecule has 4 aromatic rings. The molecule has 0 aliphatic heterocycles. The molecule has 1 aliphatic rings. The summed E-state index contributed by atoms with van der Waals surface area (Å²) in [6.45, 7) is 4.17. The fourth-order valence-corrected chi connectivity index (χ4v) is 6.50. The summed E-state index contributed by atoms with van der Waals surface area (Å²) in [5.74, 6) is 0.164. The molecule has 30 heavy (non-hydrogen) atoms. The third-order valence-electron chi connectivity index (χ3n) is 5.32. The Kier molecular flexibility index (Phi) is 5.26. The highest BCUT2D eigenvalue weighted by molar-refractivity contribution is 8.00. The molecule has 0 saturated heterocycles. The van der Waals surface area contributed by atoms with Gasteiger partial charge in [-0.15, -0.1) is 32.9 Å². The maximum absolute atomic E-state index is 13.0. The van der Waals surface area contributed by atoms with Crippen LogP contribution < -0.4 is 0 Å². The van der Waals surface area contributed by atoms with E-state index in [1.807, 2.05) is 24.3 Å². The Balaban J connectivity index is 1.52. The van der Waals surface area contributed by atoms with Gasteiger partial charge in [-0.05, 0) is 66.3 Å². The first kappa shape index (κ1) is 19.6. The number of aromatic nitrogens is 3. The van der Waals surface area contributed by atoms with E-state index < -0.39 is 0 Å². The van der Waals surface area contributed by atoms with Gasteiger partial charge in [-0.1, -0.05) is 36.0 Å². The van der Waals surface area contributed by atoms with E-state index in [2.05, 4.69) is 46.9 Å². The summed E-state index contributed by atoms with van der Waals surface area (Å²) >= 11 is 4.76. The van der Waals surface area contributed by atoms with Gasteiger partial charge in [0.2, 0.25) is 5.16 Å². The van der Waals surface area contributed by atoms with Crippen LogP contribution in [0.2, 0.25) is 0 Å². The lowest BCUT2D eigenvalue weighted by atomic mass is 9.90. The summed E-state index contributed by atoms with van der Waals surface area (Å²) < 4.78 is 0. The zero-order valence-electron chi connectivity index (χ0n) is 16.6. The average molecular weight is 450 g/mol. The summed E-state index contributed by atoms with van der Waals surface area (Å²) in [6.07, 6.45) is 1.69. The van der Waals surface area contributed by atoms with Crippen molar-refractivity contribution in [3.63, 3.8) is 0 Å². The topological polar surface area (TPSA) is 55.7 Å². The third kappa shape index (κ3) is 3.51. The molecule has 1 aromatic carbocycles. The first-order chi connectivity index (χ1) is 14.6. The van der Waals surface area contributed by atoms with E-state index >= 15 is 0 Å². The number of hydrogen-bond acceptors (Lipinski definition) is 7. The molecule has 0 saturated carbocycles. The van der Waals surface area contributed by atoms with Crippen molar-refractivity contribution >= 4 is 40.2 Å². The van der Waals surface area contributed by atoms with E-state index in [0.717, 1.165) is 45.1 Å². The quantitative estimate of drug-likeness (QED) is 0.369. The van der Waals surface area contributed by atoms with Crippen molar-refractivity contribution < 1.29 is 4.79 Å². The van der Waals surface area contributed by atoms with E-state index in [1.165, 1.54) is 22.9 Å². The lowest BCUT2D eigenvalue weighted by Gasteiger charge is -2.22. The molecule has 1 atom stereocenters. The number of carbonyl (C=O) groups excluding carboxylic acids is 1. The van der Waals surface area contributed by atoms with Crippen LogP contribution in [0.3, 0.4) is 0 Å². The van der Waals surface area contributed by atoms with Gasteiger partial charge < -0.3 is 0 Å². The molecule has 3 aromatic heterocycles. The monoisotopic (exact) mass is 449 g/mol. The summed E-state index contributed by atoms with van der Waals surface area (Å²) in [5, 5.41) is 13.5. The molecule has 0 spiro atoms. The number of ketones is 1. The number of thiophene rings is 2. The largest absolute Gasteiger partial charge is 0.293 e. The van der Waals surface area contributed by atoms with Gasteiger partial charge in [0.25, 0.3) is 0 Å². The van der Waals surface area contributed by atoms with Gasteiger partial charge in [0.1, 0.15) is 11.4 Å². The molecule has 150 valence electrons.